The van der Waals surface area contributed by atoms with Crippen molar-refractivity contribution in [1.29, 1.82) is 0 Å². The number of rotatable bonds is 9. The fourth-order valence-electron chi connectivity index (χ4n) is 2.30. The molecule has 1 N–H and O–H groups in total. The SMILES string of the molecule is COCCNCCCc1nnc(CC2CCCCO2)s1. The third-order valence-electron chi connectivity index (χ3n) is 3.41. The molecule has 1 fully saturated rings. The summed E-state index contributed by atoms with van der Waals surface area (Å²) in [4.78, 5) is 0. The molecule has 1 unspecified atom stereocenters. The second kappa shape index (κ2) is 9.39. The summed E-state index contributed by atoms with van der Waals surface area (Å²) in [6.07, 6.45) is 7.04. The monoisotopic (exact) mass is 299 g/mol. The van der Waals surface area contributed by atoms with Crippen molar-refractivity contribution >= 4 is 11.3 Å². The number of nitrogens with zero attached hydrogens (tertiary/aromatic N) is 2. The van der Waals surface area contributed by atoms with E-state index in [1.54, 1.807) is 18.4 Å². The number of hydrogen-bond acceptors (Lipinski definition) is 6. The highest BCUT2D eigenvalue weighted by Gasteiger charge is 2.16. The van der Waals surface area contributed by atoms with E-state index in [9.17, 15) is 0 Å². The molecule has 1 atom stereocenters. The second-order valence-corrected chi connectivity index (χ2v) is 6.28. The van der Waals surface area contributed by atoms with E-state index in [1.165, 1.54) is 19.3 Å². The maximum Gasteiger partial charge on any atom is 0.120 e. The summed E-state index contributed by atoms with van der Waals surface area (Å²) in [5.41, 5.74) is 0. The fourth-order valence-corrected chi connectivity index (χ4v) is 3.25. The van der Waals surface area contributed by atoms with Gasteiger partial charge in [0.1, 0.15) is 10.0 Å². The molecule has 0 saturated carbocycles. The van der Waals surface area contributed by atoms with Crippen LogP contribution in [0.3, 0.4) is 0 Å². The summed E-state index contributed by atoms with van der Waals surface area (Å²) in [5, 5.41) is 14.2. The van der Waals surface area contributed by atoms with Crippen LogP contribution < -0.4 is 5.32 Å². The molecule has 1 aromatic rings. The van der Waals surface area contributed by atoms with Crippen LogP contribution in [0.2, 0.25) is 0 Å². The van der Waals surface area contributed by atoms with Gasteiger partial charge in [0.2, 0.25) is 0 Å². The quantitative estimate of drug-likeness (QED) is 0.705. The van der Waals surface area contributed by atoms with Crippen LogP contribution >= 0.6 is 11.3 Å². The van der Waals surface area contributed by atoms with Crippen molar-refractivity contribution in [3.05, 3.63) is 10.0 Å². The van der Waals surface area contributed by atoms with E-state index >= 15 is 0 Å². The summed E-state index contributed by atoms with van der Waals surface area (Å²) in [7, 11) is 1.72. The fraction of sp³-hybridized carbons (Fsp3) is 0.857. The first-order valence-corrected chi connectivity index (χ1v) is 8.32. The lowest BCUT2D eigenvalue weighted by Crippen LogP contribution is -2.21. The number of hydrogen-bond donors (Lipinski definition) is 1. The molecular formula is C14H25N3O2S. The van der Waals surface area contributed by atoms with Crippen LogP contribution in [0.5, 0.6) is 0 Å². The topological polar surface area (TPSA) is 56.3 Å². The average Bonchev–Trinajstić information content (AvgIpc) is 2.91. The molecule has 1 aliphatic rings. The van der Waals surface area contributed by atoms with E-state index < -0.39 is 0 Å². The van der Waals surface area contributed by atoms with Crippen LogP contribution in [0.1, 0.15) is 35.7 Å². The van der Waals surface area contributed by atoms with E-state index in [1.807, 2.05) is 0 Å². The third kappa shape index (κ3) is 5.83. The molecule has 0 radical (unpaired) electrons. The number of methoxy groups -OCH3 is 1. The van der Waals surface area contributed by atoms with Gasteiger partial charge in [0, 0.05) is 33.1 Å². The summed E-state index contributed by atoms with van der Waals surface area (Å²) in [5.74, 6) is 0. The normalized spacial score (nSPS) is 19.4. The predicted molar refractivity (Wildman–Crippen MR) is 80.3 cm³/mol. The first-order valence-electron chi connectivity index (χ1n) is 7.51. The lowest BCUT2D eigenvalue weighted by molar-refractivity contribution is 0.0167. The molecule has 5 nitrogen and oxygen atoms in total. The Morgan fingerprint density at radius 3 is 3.00 bits per heavy atom. The molecule has 1 aromatic heterocycles. The Kier molecular flexibility index (Phi) is 7.43. The Morgan fingerprint density at radius 2 is 2.20 bits per heavy atom. The predicted octanol–water partition coefficient (Wildman–Crippen LogP) is 1.82. The molecule has 1 saturated heterocycles. The van der Waals surface area contributed by atoms with E-state index in [0.717, 1.165) is 55.6 Å². The minimum Gasteiger partial charge on any atom is -0.383 e. The summed E-state index contributed by atoms with van der Waals surface area (Å²) < 4.78 is 10.7. The summed E-state index contributed by atoms with van der Waals surface area (Å²) >= 11 is 1.74. The molecule has 20 heavy (non-hydrogen) atoms. The Bertz CT molecular complexity index is 367. The van der Waals surface area contributed by atoms with Gasteiger partial charge in [-0.2, -0.15) is 0 Å². The van der Waals surface area contributed by atoms with Crippen LogP contribution in [0, 0.1) is 0 Å². The van der Waals surface area contributed by atoms with Gasteiger partial charge in [-0.25, -0.2) is 0 Å². The molecule has 0 amide bonds. The maximum atomic E-state index is 5.74. The molecule has 0 spiro atoms. The van der Waals surface area contributed by atoms with Crippen LogP contribution in [-0.4, -0.2) is 49.7 Å². The molecule has 2 heterocycles. The van der Waals surface area contributed by atoms with Gasteiger partial charge in [-0.3, -0.25) is 0 Å². The minimum atomic E-state index is 0.361. The highest BCUT2D eigenvalue weighted by Crippen LogP contribution is 2.19. The largest absolute Gasteiger partial charge is 0.383 e. The Balaban J connectivity index is 1.61. The molecule has 2 rings (SSSR count). The van der Waals surface area contributed by atoms with Crippen molar-refractivity contribution in [1.82, 2.24) is 15.5 Å². The molecule has 0 bridgehead atoms. The molecule has 6 heteroatoms. The Morgan fingerprint density at radius 1 is 1.30 bits per heavy atom. The van der Waals surface area contributed by atoms with Crippen LogP contribution in [0.4, 0.5) is 0 Å². The number of nitrogens with one attached hydrogen (secondary N) is 1. The highest BCUT2D eigenvalue weighted by atomic mass is 32.1. The first-order chi connectivity index (χ1) is 9.88. The van der Waals surface area contributed by atoms with Crippen molar-refractivity contribution in [3.63, 3.8) is 0 Å². The smallest absolute Gasteiger partial charge is 0.120 e. The summed E-state index contributed by atoms with van der Waals surface area (Å²) in [6, 6.07) is 0. The van der Waals surface area contributed by atoms with Gasteiger partial charge < -0.3 is 14.8 Å². The minimum absolute atomic E-state index is 0.361. The van der Waals surface area contributed by atoms with Crippen molar-refractivity contribution in [2.75, 3.05) is 33.4 Å². The van der Waals surface area contributed by atoms with E-state index in [0.29, 0.717) is 6.10 Å². The van der Waals surface area contributed by atoms with E-state index in [-0.39, 0.29) is 0 Å². The average molecular weight is 299 g/mol. The third-order valence-corrected chi connectivity index (χ3v) is 4.42. The molecule has 0 aliphatic carbocycles. The molecular weight excluding hydrogens is 274 g/mol. The zero-order valence-electron chi connectivity index (χ0n) is 12.3. The van der Waals surface area contributed by atoms with Crippen LogP contribution in [0.15, 0.2) is 0 Å². The van der Waals surface area contributed by atoms with E-state index in [4.69, 9.17) is 9.47 Å². The lowest BCUT2D eigenvalue weighted by atomic mass is 10.1. The van der Waals surface area contributed by atoms with Crippen LogP contribution in [-0.2, 0) is 22.3 Å². The van der Waals surface area contributed by atoms with Crippen molar-refractivity contribution in [2.24, 2.45) is 0 Å². The standard InChI is InChI=1S/C14H25N3O2S/c1-18-10-8-15-7-4-6-13-16-17-14(20-13)11-12-5-2-3-9-19-12/h12,15H,2-11H2,1H3. The number of aryl methyl sites for hydroxylation is 1. The maximum absolute atomic E-state index is 5.74. The van der Waals surface area contributed by atoms with E-state index in [2.05, 4.69) is 15.5 Å². The van der Waals surface area contributed by atoms with Gasteiger partial charge >= 0.3 is 0 Å². The number of ether oxygens (including phenoxy) is 2. The van der Waals surface area contributed by atoms with Crippen LogP contribution in [0.25, 0.3) is 0 Å². The van der Waals surface area contributed by atoms with Gasteiger partial charge in [-0.05, 0) is 32.2 Å². The lowest BCUT2D eigenvalue weighted by Gasteiger charge is -2.21. The zero-order chi connectivity index (χ0) is 14.0. The van der Waals surface area contributed by atoms with Crippen molar-refractivity contribution in [2.45, 2.75) is 44.6 Å². The van der Waals surface area contributed by atoms with Gasteiger partial charge in [0.15, 0.2) is 0 Å². The Labute approximate surface area is 125 Å². The molecule has 0 aromatic carbocycles. The van der Waals surface area contributed by atoms with Crippen molar-refractivity contribution < 1.29 is 9.47 Å². The molecule has 114 valence electrons. The first kappa shape index (κ1) is 15.8. The van der Waals surface area contributed by atoms with Gasteiger partial charge in [0.25, 0.3) is 0 Å². The summed E-state index contributed by atoms with van der Waals surface area (Å²) in [6.45, 7) is 3.59. The Hall–Kier alpha value is -0.560. The highest BCUT2D eigenvalue weighted by molar-refractivity contribution is 7.11. The van der Waals surface area contributed by atoms with Crippen molar-refractivity contribution in [3.8, 4) is 0 Å². The second-order valence-electron chi connectivity index (χ2n) is 5.13. The van der Waals surface area contributed by atoms with Gasteiger partial charge in [-0.1, -0.05) is 0 Å². The zero-order valence-corrected chi connectivity index (χ0v) is 13.1. The molecule has 1 aliphatic heterocycles. The van der Waals surface area contributed by atoms with Gasteiger partial charge in [0.05, 0.1) is 12.7 Å². The number of aromatic nitrogens is 2. The van der Waals surface area contributed by atoms with Gasteiger partial charge in [-0.15, -0.1) is 21.5 Å².